The molecule has 1 saturated carbocycles. The van der Waals surface area contributed by atoms with Crippen LogP contribution in [0, 0.1) is 5.82 Å². The summed E-state index contributed by atoms with van der Waals surface area (Å²) in [7, 11) is 1.59. The zero-order chi connectivity index (χ0) is 15.4. The van der Waals surface area contributed by atoms with Crippen molar-refractivity contribution in [2.24, 2.45) is 0 Å². The van der Waals surface area contributed by atoms with Crippen LogP contribution < -0.4 is 5.32 Å². The number of allylic oxidation sites excluding steroid dienone is 1. The van der Waals surface area contributed by atoms with Crippen LogP contribution in [-0.2, 0) is 9.59 Å². The molecule has 0 aromatic heterocycles. The maximum Gasteiger partial charge on any atom is 0.247 e. The lowest BCUT2D eigenvalue weighted by Gasteiger charge is -2.15. The quantitative estimate of drug-likeness (QED) is 0.843. The van der Waals surface area contributed by atoms with Gasteiger partial charge in [-0.3, -0.25) is 9.59 Å². The van der Waals surface area contributed by atoms with E-state index in [1.54, 1.807) is 26.1 Å². The van der Waals surface area contributed by atoms with E-state index in [0.717, 1.165) is 24.0 Å². The normalized spacial score (nSPS) is 14.7. The zero-order valence-electron chi connectivity index (χ0n) is 12.2. The highest BCUT2D eigenvalue weighted by molar-refractivity contribution is 5.96. The lowest BCUT2D eigenvalue weighted by molar-refractivity contribution is -0.131. The number of carbonyl (C=O) groups excluding carboxylic acids is 2. The van der Waals surface area contributed by atoms with Crippen LogP contribution in [0.5, 0.6) is 0 Å². The number of amides is 2. The minimum absolute atomic E-state index is 0.0442. The van der Waals surface area contributed by atoms with E-state index in [0.29, 0.717) is 0 Å². The molecular weight excluding hydrogens is 271 g/mol. The van der Waals surface area contributed by atoms with Gasteiger partial charge in [0, 0.05) is 19.2 Å². The van der Waals surface area contributed by atoms with Crippen molar-refractivity contribution in [2.75, 3.05) is 13.6 Å². The lowest BCUT2D eigenvalue weighted by Crippen LogP contribution is -2.38. The zero-order valence-corrected chi connectivity index (χ0v) is 12.2. The second kappa shape index (κ2) is 6.52. The van der Waals surface area contributed by atoms with Crippen LogP contribution in [0.3, 0.4) is 0 Å². The first-order valence-corrected chi connectivity index (χ1v) is 6.94. The van der Waals surface area contributed by atoms with Crippen molar-refractivity contribution in [1.29, 1.82) is 0 Å². The molecule has 2 amide bonds. The molecule has 1 aliphatic rings. The van der Waals surface area contributed by atoms with Gasteiger partial charge in [0.05, 0.1) is 6.54 Å². The number of hydrogen-bond donors (Lipinski definition) is 1. The average molecular weight is 290 g/mol. The van der Waals surface area contributed by atoms with E-state index in [9.17, 15) is 14.0 Å². The molecule has 21 heavy (non-hydrogen) atoms. The predicted octanol–water partition coefficient (Wildman–Crippen LogP) is 1.97. The molecule has 1 fully saturated rings. The Morgan fingerprint density at radius 2 is 1.95 bits per heavy atom. The largest absolute Gasteiger partial charge is 0.352 e. The average Bonchev–Trinajstić information content (AvgIpc) is 3.22. The van der Waals surface area contributed by atoms with E-state index < -0.39 is 0 Å². The Bertz CT molecular complexity index is 562. The van der Waals surface area contributed by atoms with Crippen molar-refractivity contribution in [3.05, 3.63) is 41.7 Å². The highest BCUT2D eigenvalue weighted by atomic mass is 19.1. The third kappa shape index (κ3) is 4.70. The van der Waals surface area contributed by atoms with Gasteiger partial charge in [-0.25, -0.2) is 4.39 Å². The minimum atomic E-state index is -0.313. The molecule has 0 spiro atoms. The van der Waals surface area contributed by atoms with Gasteiger partial charge < -0.3 is 10.2 Å². The molecule has 0 saturated heterocycles. The van der Waals surface area contributed by atoms with Gasteiger partial charge >= 0.3 is 0 Å². The minimum Gasteiger partial charge on any atom is -0.352 e. The van der Waals surface area contributed by atoms with Gasteiger partial charge in [0.25, 0.3) is 0 Å². The Balaban J connectivity index is 1.93. The van der Waals surface area contributed by atoms with Crippen molar-refractivity contribution in [3.63, 3.8) is 0 Å². The number of nitrogens with zero attached hydrogens (tertiary/aromatic N) is 1. The third-order valence-electron chi connectivity index (χ3n) is 3.34. The van der Waals surface area contributed by atoms with E-state index in [1.165, 1.54) is 23.1 Å². The summed E-state index contributed by atoms with van der Waals surface area (Å²) in [5, 5.41) is 2.84. The highest BCUT2D eigenvalue weighted by Crippen LogP contribution is 2.18. The second-order valence-electron chi connectivity index (χ2n) is 5.37. The fraction of sp³-hybridized carbons (Fsp3) is 0.375. The van der Waals surface area contributed by atoms with Gasteiger partial charge in [0.1, 0.15) is 5.82 Å². The monoisotopic (exact) mass is 290 g/mol. The molecule has 1 N–H and O–H groups in total. The van der Waals surface area contributed by atoms with Gasteiger partial charge in [-0.2, -0.15) is 0 Å². The van der Waals surface area contributed by atoms with Crippen molar-refractivity contribution >= 4 is 17.4 Å². The van der Waals surface area contributed by atoms with Gasteiger partial charge in [-0.05, 0) is 43.0 Å². The maximum atomic E-state index is 12.9. The Morgan fingerprint density at radius 3 is 2.52 bits per heavy atom. The second-order valence-corrected chi connectivity index (χ2v) is 5.37. The first-order valence-electron chi connectivity index (χ1n) is 6.94. The first-order chi connectivity index (χ1) is 9.95. The number of carbonyl (C=O) groups is 2. The summed E-state index contributed by atoms with van der Waals surface area (Å²) in [6.45, 7) is 1.83. The molecule has 0 aliphatic heterocycles. The van der Waals surface area contributed by atoms with Crippen molar-refractivity contribution < 1.29 is 14.0 Å². The Labute approximate surface area is 123 Å². The van der Waals surface area contributed by atoms with Gasteiger partial charge in [-0.1, -0.05) is 12.1 Å². The van der Waals surface area contributed by atoms with Crippen LogP contribution in [0.25, 0.3) is 5.57 Å². The van der Waals surface area contributed by atoms with E-state index >= 15 is 0 Å². The van der Waals surface area contributed by atoms with Crippen LogP contribution in [0.15, 0.2) is 30.3 Å². The van der Waals surface area contributed by atoms with Crippen LogP contribution in [0.1, 0.15) is 25.3 Å². The molecule has 5 heteroatoms. The number of hydrogen-bond acceptors (Lipinski definition) is 2. The molecule has 0 unspecified atom stereocenters. The molecule has 4 nitrogen and oxygen atoms in total. The van der Waals surface area contributed by atoms with E-state index in [2.05, 4.69) is 5.32 Å². The topological polar surface area (TPSA) is 49.4 Å². The smallest absolute Gasteiger partial charge is 0.247 e. The molecule has 0 heterocycles. The van der Waals surface area contributed by atoms with Crippen LogP contribution in [0.2, 0.25) is 0 Å². The number of halogens is 1. The SMILES string of the molecule is CC(=CC(=O)N(C)CC(=O)NC1CC1)c1ccc(F)cc1. The van der Waals surface area contributed by atoms with E-state index in [-0.39, 0.29) is 30.2 Å². The lowest BCUT2D eigenvalue weighted by atomic mass is 10.1. The first kappa shape index (κ1) is 15.2. The maximum absolute atomic E-state index is 12.9. The molecular formula is C16H19FN2O2. The summed E-state index contributed by atoms with van der Waals surface area (Å²) in [5.41, 5.74) is 1.51. The Hall–Kier alpha value is -2.17. The molecule has 0 atom stereocenters. The van der Waals surface area contributed by atoms with Gasteiger partial charge in [0.2, 0.25) is 11.8 Å². The summed E-state index contributed by atoms with van der Waals surface area (Å²) < 4.78 is 12.9. The molecule has 112 valence electrons. The molecule has 2 rings (SSSR count). The number of likely N-dealkylation sites (N-methyl/N-ethyl adjacent to an activating group) is 1. The summed E-state index contributed by atoms with van der Waals surface area (Å²) in [6.07, 6.45) is 3.50. The molecule has 0 bridgehead atoms. The molecule has 1 aromatic carbocycles. The van der Waals surface area contributed by atoms with Crippen LogP contribution in [0.4, 0.5) is 4.39 Å². The molecule has 0 radical (unpaired) electrons. The third-order valence-corrected chi connectivity index (χ3v) is 3.34. The fourth-order valence-corrected chi connectivity index (χ4v) is 1.89. The van der Waals surface area contributed by atoms with Gasteiger partial charge in [-0.15, -0.1) is 0 Å². The fourth-order valence-electron chi connectivity index (χ4n) is 1.89. The van der Waals surface area contributed by atoms with Crippen LogP contribution in [-0.4, -0.2) is 36.3 Å². The molecule has 1 aromatic rings. The Morgan fingerprint density at radius 1 is 1.33 bits per heavy atom. The van der Waals surface area contributed by atoms with Crippen molar-refractivity contribution in [3.8, 4) is 0 Å². The molecule has 1 aliphatic carbocycles. The highest BCUT2D eigenvalue weighted by Gasteiger charge is 2.24. The standard InChI is InChI=1S/C16H19FN2O2/c1-11(12-3-5-13(17)6-4-12)9-16(21)19(2)10-15(20)18-14-7-8-14/h3-6,9,14H,7-8,10H2,1-2H3,(H,18,20). The predicted molar refractivity (Wildman–Crippen MR) is 78.9 cm³/mol. The summed E-state index contributed by atoms with van der Waals surface area (Å²) >= 11 is 0. The van der Waals surface area contributed by atoms with Crippen molar-refractivity contribution in [1.82, 2.24) is 10.2 Å². The van der Waals surface area contributed by atoms with E-state index in [1.807, 2.05) is 0 Å². The number of benzene rings is 1. The van der Waals surface area contributed by atoms with E-state index in [4.69, 9.17) is 0 Å². The summed E-state index contributed by atoms with van der Waals surface area (Å²) in [5.74, 6) is -0.698. The van der Waals surface area contributed by atoms with Crippen LogP contribution >= 0.6 is 0 Å². The number of nitrogens with one attached hydrogen (secondary N) is 1. The number of rotatable bonds is 5. The Kier molecular flexibility index (Phi) is 4.73. The van der Waals surface area contributed by atoms with Gasteiger partial charge in [0.15, 0.2) is 0 Å². The summed E-state index contributed by atoms with van der Waals surface area (Å²) in [4.78, 5) is 25.0. The van der Waals surface area contributed by atoms with Crippen molar-refractivity contribution in [2.45, 2.75) is 25.8 Å². The summed E-state index contributed by atoms with van der Waals surface area (Å²) in [6, 6.07) is 6.23.